The number of nitrogens with zero attached hydrogens (tertiary/aromatic N) is 2. The van der Waals surface area contributed by atoms with Crippen LogP contribution in [0.5, 0.6) is 0 Å². The number of anilines is 5. The van der Waals surface area contributed by atoms with E-state index in [0.29, 0.717) is 12.1 Å². The van der Waals surface area contributed by atoms with Crippen molar-refractivity contribution in [3.8, 4) is 0 Å². The average molecular weight is 872 g/mol. The molecule has 0 saturated heterocycles. The van der Waals surface area contributed by atoms with Crippen LogP contribution in [0.3, 0.4) is 0 Å². The molecule has 66 heavy (non-hydrogen) atoms. The number of hydrogen-bond donors (Lipinski definition) is 1. The second kappa shape index (κ2) is 19.6. The summed E-state index contributed by atoms with van der Waals surface area (Å²) in [5, 5.41) is 6.47. The Labute approximate surface area is 397 Å². The van der Waals surface area contributed by atoms with Crippen LogP contribution in [0.2, 0.25) is 0 Å². The highest BCUT2D eigenvalue weighted by Crippen LogP contribution is 2.45. The predicted molar refractivity (Wildman–Crippen MR) is 286 cm³/mol. The molecule has 3 nitrogen and oxygen atoms in total. The molecule has 3 aliphatic rings. The average Bonchev–Trinajstić information content (AvgIpc) is 3.43. The number of aryl methyl sites for hydroxylation is 6. The fraction of sp³-hybridized carbons (Fsp3) is 0.365. The first-order valence-corrected chi connectivity index (χ1v) is 25.2. The maximum Gasteiger partial charge on any atom is 0.0472 e. The molecule has 0 aromatic heterocycles. The molecule has 6 aromatic rings. The van der Waals surface area contributed by atoms with E-state index >= 15 is 0 Å². The van der Waals surface area contributed by atoms with Gasteiger partial charge in [-0.1, -0.05) is 146 Å². The van der Waals surface area contributed by atoms with E-state index in [0.717, 1.165) is 12.1 Å². The molecule has 0 unspecified atom stereocenters. The Balaban J connectivity index is 1.18. The number of rotatable bonds is 11. The standard InChI is InChI=1S/C63H73N3/c1-41-24-25-44(4)61(45(5)36-41)64-59-35-34-58(56-22-16-17-23-57(56)59)60(50-26-30-54(31-27-50)65(52-18-12-10-13-19-52)62-46(6)37-42(2)38-47(62)7)51-28-32-55(33-29-51)66(53-20-14-11-15-21-53)63-48(8)39-43(3)40-49(63)9/h16-17,22-23,25-40,52-53,60,64H,10-15,18-21,24H2,1-9H3. The van der Waals surface area contributed by atoms with Crippen molar-refractivity contribution < 1.29 is 0 Å². The van der Waals surface area contributed by atoms with Crippen LogP contribution >= 0.6 is 0 Å². The zero-order chi connectivity index (χ0) is 46.1. The first-order valence-electron chi connectivity index (χ1n) is 25.2. The third kappa shape index (κ3) is 9.29. The SMILES string of the molecule is CC1=CC(C)=C(Nc2ccc(C(c3ccc(N(c4c(C)cc(C)cc4C)C4CCCCC4)cc3)c3ccc(N(c4c(C)cc(C)cc4C)C4CCCCC4)cc3)c3ccccc23)C(C)=CC1. The van der Waals surface area contributed by atoms with Gasteiger partial charge >= 0.3 is 0 Å². The van der Waals surface area contributed by atoms with E-state index in [1.807, 2.05) is 0 Å². The lowest BCUT2D eigenvalue weighted by molar-refractivity contribution is 0.435. The molecule has 0 bridgehead atoms. The van der Waals surface area contributed by atoms with Gasteiger partial charge in [-0.3, -0.25) is 0 Å². The highest BCUT2D eigenvalue weighted by atomic mass is 15.2. The molecule has 0 spiro atoms. The van der Waals surface area contributed by atoms with Gasteiger partial charge in [0.1, 0.15) is 0 Å². The van der Waals surface area contributed by atoms with E-state index in [4.69, 9.17) is 0 Å². The van der Waals surface area contributed by atoms with Crippen molar-refractivity contribution in [1.29, 1.82) is 0 Å². The van der Waals surface area contributed by atoms with E-state index < -0.39 is 0 Å². The third-order valence-corrected chi connectivity index (χ3v) is 15.2. The molecule has 0 amide bonds. The van der Waals surface area contributed by atoms with Crippen molar-refractivity contribution >= 4 is 39.2 Å². The summed E-state index contributed by atoms with van der Waals surface area (Å²) in [4.78, 5) is 5.41. The molecular weight excluding hydrogens is 799 g/mol. The molecule has 3 heteroatoms. The van der Waals surface area contributed by atoms with Gasteiger partial charge in [0.2, 0.25) is 0 Å². The molecule has 6 aromatic carbocycles. The lowest BCUT2D eigenvalue weighted by Gasteiger charge is -2.38. The maximum absolute atomic E-state index is 3.94. The maximum atomic E-state index is 3.94. The fourth-order valence-corrected chi connectivity index (χ4v) is 12.3. The normalized spacial score (nSPS) is 16.3. The van der Waals surface area contributed by atoms with Crippen LogP contribution in [-0.2, 0) is 0 Å². The topological polar surface area (TPSA) is 18.5 Å². The van der Waals surface area contributed by atoms with Crippen molar-refractivity contribution in [3.63, 3.8) is 0 Å². The molecule has 9 rings (SSSR count). The van der Waals surface area contributed by atoms with E-state index in [9.17, 15) is 0 Å². The first-order chi connectivity index (χ1) is 31.9. The Morgan fingerprint density at radius 3 is 1.42 bits per heavy atom. The van der Waals surface area contributed by atoms with Crippen LogP contribution in [-0.4, -0.2) is 12.1 Å². The summed E-state index contributed by atoms with van der Waals surface area (Å²) in [5.41, 5.74) is 23.8. The van der Waals surface area contributed by atoms with Gasteiger partial charge in [0.05, 0.1) is 0 Å². The molecule has 0 atom stereocenters. The van der Waals surface area contributed by atoms with Crippen LogP contribution in [0, 0.1) is 41.5 Å². The van der Waals surface area contributed by atoms with Crippen molar-refractivity contribution in [2.24, 2.45) is 0 Å². The molecule has 3 aliphatic carbocycles. The van der Waals surface area contributed by atoms with Gasteiger partial charge in [0.15, 0.2) is 0 Å². The summed E-state index contributed by atoms with van der Waals surface area (Å²) >= 11 is 0. The van der Waals surface area contributed by atoms with Crippen LogP contribution in [0.1, 0.15) is 147 Å². The number of allylic oxidation sites excluding steroid dienone is 5. The minimum Gasteiger partial charge on any atom is -0.355 e. The molecule has 0 heterocycles. The van der Waals surface area contributed by atoms with Gasteiger partial charge < -0.3 is 15.1 Å². The first kappa shape index (κ1) is 45.4. The van der Waals surface area contributed by atoms with Gasteiger partial charge in [-0.15, -0.1) is 0 Å². The summed E-state index contributed by atoms with van der Waals surface area (Å²) in [7, 11) is 0. The monoisotopic (exact) mass is 872 g/mol. The number of fused-ring (bicyclic) bond motifs is 1. The van der Waals surface area contributed by atoms with Crippen molar-refractivity contribution in [3.05, 3.63) is 194 Å². The van der Waals surface area contributed by atoms with E-state index in [2.05, 4.69) is 199 Å². The molecular formula is C63H73N3. The Hall–Kier alpha value is -5.80. The summed E-state index contributed by atoms with van der Waals surface area (Å²) in [5.74, 6) is 0.0232. The smallest absolute Gasteiger partial charge is 0.0472 e. The quantitative estimate of drug-likeness (QED) is 0.131. The van der Waals surface area contributed by atoms with Crippen molar-refractivity contribution in [1.82, 2.24) is 0 Å². The molecule has 0 aliphatic heterocycles. The highest BCUT2D eigenvalue weighted by Gasteiger charge is 2.29. The zero-order valence-corrected chi connectivity index (χ0v) is 41.5. The Bertz CT molecular complexity index is 2640. The summed E-state index contributed by atoms with van der Waals surface area (Å²) < 4.78 is 0. The van der Waals surface area contributed by atoms with Gasteiger partial charge in [0, 0.05) is 57.5 Å². The van der Waals surface area contributed by atoms with Gasteiger partial charge in [-0.05, 0) is 180 Å². The second-order valence-electron chi connectivity index (χ2n) is 20.4. The minimum absolute atomic E-state index is 0.0232. The minimum atomic E-state index is 0.0232. The highest BCUT2D eigenvalue weighted by molar-refractivity contribution is 5.98. The molecule has 2 fully saturated rings. The van der Waals surface area contributed by atoms with Crippen LogP contribution in [0.15, 0.2) is 144 Å². The largest absolute Gasteiger partial charge is 0.355 e. The van der Waals surface area contributed by atoms with Crippen molar-refractivity contribution in [2.75, 3.05) is 15.1 Å². The number of nitrogens with one attached hydrogen (secondary N) is 1. The van der Waals surface area contributed by atoms with E-state index in [1.165, 1.54) is 170 Å². The Morgan fingerprint density at radius 2 is 0.955 bits per heavy atom. The zero-order valence-electron chi connectivity index (χ0n) is 41.5. The van der Waals surface area contributed by atoms with E-state index in [-0.39, 0.29) is 5.92 Å². The lowest BCUT2D eigenvalue weighted by atomic mass is 9.82. The number of benzene rings is 6. The molecule has 340 valence electrons. The van der Waals surface area contributed by atoms with E-state index in [1.54, 1.807) is 0 Å². The summed E-state index contributed by atoms with van der Waals surface area (Å²) in [6.45, 7) is 20.4. The lowest BCUT2D eigenvalue weighted by Crippen LogP contribution is -2.34. The van der Waals surface area contributed by atoms with Crippen LogP contribution in [0.4, 0.5) is 28.4 Å². The molecule has 1 N–H and O–H groups in total. The van der Waals surface area contributed by atoms with Gasteiger partial charge in [0.25, 0.3) is 0 Å². The van der Waals surface area contributed by atoms with Crippen LogP contribution < -0.4 is 15.1 Å². The Morgan fingerprint density at radius 1 is 0.500 bits per heavy atom. The molecule has 0 radical (unpaired) electrons. The molecule has 2 saturated carbocycles. The third-order valence-electron chi connectivity index (χ3n) is 15.2. The fourth-order valence-electron chi connectivity index (χ4n) is 12.3. The summed E-state index contributed by atoms with van der Waals surface area (Å²) in [6, 6.07) is 43.8. The summed E-state index contributed by atoms with van der Waals surface area (Å²) in [6.07, 6.45) is 18.5. The van der Waals surface area contributed by atoms with Gasteiger partial charge in [-0.2, -0.15) is 0 Å². The second-order valence-corrected chi connectivity index (χ2v) is 20.4. The van der Waals surface area contributed by atoms with Crippen LogP contribution in [0.25, 0.3) is 10.8 Å². The van der Waals surface area contributed by atoms with Crippen molar-refractivity contribution in [2.45, 2.75) is 151 Å². The Kier molecular flexibility index (Phi) is 13.5. The predicted octanol–water partition coefficient (Wildman–Crippen LogP) is 17.8. The van der Waals surface area contributed by atoms with Gasteiger partial charge in [-0.25, -0.2) is 0 Å². The number of hydrogen-bond acceptors (Lipinski definition) is 3.